The van der Waals surface area contributed by atoms with Gasteiger partial charge in [0, 0.05) is 19.5 Å². The van der Waals surface area contributed by atoms with Gasteiger partial charge in [-0.2, -0.15) is 5.10 Å². The van der Waals surface area contributed by atoms with Crippen LogP contribution in [0.25, 0.3) is 0 Å². The van der Waals surface area contributed by atoms with Gasteiger partial charge in [0.1, 0.15) is 5.82 Å². The molecule has 2 N–H and O–H groups in total. The molecule has 2 amide bonds. The fourth-order valence-electron chi connectivity index (χ4n) is 3.63. The maximum absolute atomic E-state index is 12.9. The third kappa shape index (κ3) is 5.41. The predicted octanol–water partition coefficient (Wildman–Crippen LogP) is 2.14. The van der Waals surface area contributed by atoms with Crippen LogP contribution in [0.1, 0.15) is 29.8 Å². The van der Waals surface area contributed by atoms with Crippen LogP contribution in [0.3, 0.4) is 0 Å². The lowest BCUT2D eigenvalue weighted by atomic mass is 9.96. The molecule has 1 aliphatic heterocycles. The van der Waals surface area contributed by atoms with Gasteiger partial charge in [-0.1, -0.05) is 12.1 Å². The van der Waals surface area contributed by atoms with Gasteiger partial charge in [-0.25, -0.2) is 4.39 Å². The van der Waals surface area contributed by atoms with E-state index in [1.807, 2.05) is 20.9 Å². The van der Waals surface area contributed by atoms with E-state index in [2.05, 4.69) is 20.6 Å². The minimum atomic E-state index is -0.287. The molecule has 29 heavy (non-hydrogen) atoms. The highest BCUT2D eigenvalue weighted by molar-refractivity contribution is 5.93. The summed E-state index contributed by atoms with van der Waals surface area (Å²) in [5.41, 5.74) is 3.37. The molecule has 1 saturated heterocycles. The fourth-order valence-corrected chi connectivity index (χ4v) is 3.63. The smallest absolute Gasteiger partial charge is 0.238 e. The predicted molar refractivity (Wildman–Crippen MR) is 109 cm³/mol. The number of piperidine rings is 1. The first kappa shape index (κ1) is 21.0. The van der Waals surface area contributed by atoms with E-state index in [1.54, 1.807) is 16.8 Å². The Morgan fingerprint density at radius 2 is 1.83 bits per heavy atom. The standard InChI is InChI=1S/C21H28FN5O2/c1-14-20(15(2)26(3)25-14)24-19(28)13-27-10-8-17(9-11-27)21(29)23-12-16-4-6-18(22)7-5-16/h4-7,17H,8-13H2,1-3H3,(H,23,29)(H,24,28). The molecule has 0 atom stereocenters. The minimum absolute atomic E-state index is 0.0139. The van der Waals surface area contributed by atoms with E-state index in [0.717, 1.165) is 22.6 Å². The van der Waals surface area contributed by atoms with E-state index in [9.17, 15) is 14.0 Å². The van der Waals surface area contributed by atoms with Crippen molar-refractivity contribution in [1.29, 1.82) is 0 Å². The molecule has 0 radical (unpaired) electrons. The Balaban J connectivity index is 1.42. The van der Waals surface area contributed by atoms with Crippen LogP contribution in [0, 0.1) is 25.6 Å². The first-order valence-corrected chi connectivity index (χ1v) is 9.88. The van der Waals surface area contributed by atoms with Crippen molar-refractivity contribution in [2.45, 2.75) is 33.2 Å². The number of anilines is 1. The highest BCUT2D eigenvalue weighted by atomic mass is 19.1. The van der Waals surface area contributed by atoms with Gasteiger partial charge in [-0.05, 0) is 57.5 Å². The van der Waals surface area contributed by atoms with Gasteiger partial charge in [0.15, 0.2) is 0 Å². The molecule has 0 unspecified atom stereocenters. The summed E-state index contributed by atoms with van der Waals surface area (Å²) in [6, 6.07) is 6.12. The molecular weight excluding hydrogens is 373 g/mol. The fraction of sp³-hybridized carbons (Fsp3) is 0.476. The van der Waals surface area contributed by atoms with Crippen LogP contribution in [-0.2, 0) is 23.2 Å². The van der Waals surface area contributed by atoms with Gasteiger partial charge >= 0.3 is 0 Å². The summed E-state index contributed by atoms with van der Waals surface area (Å²) in [5, 5.41) is 10.2. The Morgan fingerprint density at radius 1 is 1.17 bits per heavy atom. The molecule has 1 aromatic heterocycles. The van der Waals surface area contributed by atoms with E-state index in [4.69, 9.17) is 0 Å². The minimum Gasteiger partial charge on any atom is -0.352 e. The molecule has 2 heterocycles. The number of nitrogens with one attached hydrogen (secondary N) is 2. The summed E-state index contributed by atoms with van der Waals surface area (Å²) in [5.74, 6) is -0.397. The summed E-state index contributed by atoms with van der Waals surface area (Å²) in [4.78, 5) is 26.9. The van der Waals surface area contributed by atoms with Crippen molar-refractivity contribution in [2.24, 2.45) is 13.0 Å². The second kappa shape index (κ2) is 9.17. The van der Waals surface area contributed by atoms with Gasteiger partial charge in [0.25, 0.3) is 0 Å². The van der Waals surface area contributed by atoms with Crippen LogP contribution in [0.5, 0.6) is 0 Å². The van der Waals surface area contributed by atoms with Crippen LogP contribution in [-0.4, -0.2) is 46.1 Å². The lowest BCUT2D eigenvalue weighted by molar-refractivity contribution is -0.126. The largest absolute Gasteiger partial charge is 0.352 e. The van der Waals surface area contributed by atoms with Crippen LogP contribution in [0.2, 0.25) is 0 Å². The number of hydrogen-bond acceptors (Lipinski definition) is 4. The maximum atomic E-state index is 12.9. The zero-order valence-electron chi connectivity index (χ0n) is 17.2. The Kier molecular flexibility index (Phi) is 6.64. The number of carbonyl (C=O) groups excluding carboxylic acids is 2. The molecule has 0 saturated carbocycles. The summed E-state index contributed by atoms with van der Waals surface area (Å²) in [6.45, 7) is 5.90. The molecule has 156 valence electrons. The molecule has 0 aliphatic carbocycles. The molecule has 1 aromatic carbocycles. The number of benzene rings is 1. The van der Waals surface area contributed by atoms with Gasteiger partial charge in [-0.3, -0.25) is 19.2 Å². The van der Waals surface area contributed by atoms with Crippen molar-refractivity contribution in [1.82, 2.24) is 20.0 Å². The number of rotatable bonds is 6. The van der Waals surface area contributed by atoms with E-state index >= 15 is 0 Å². The molecule has 1 aliphatic rings. The molecule has 2 aromatic rings. The van der Waals surface area contributed by atoms with E-state index in [0.29, 0.717) is 39.0 Å². The van der Waals surface area contributed by atoms with E-state index in [-0.39, 0.29) is 23.5 Å². The van der Waals surface area contributed by atoms with Crippen LogP contribution >= 0.6 is 0 Å². The molecule has 3 rings (SSSR count). The molecule has 8 heteroatoms. The van der Waals surface area contributed by atoms with Gasteiger partial charge in [0.05, 0.1) is 23.6 Å². The highest BCUT2D eigenvalue weighted by Crippen LogP contribution is 2.20. The van der Waals surface area contributed by atoms with Gasteiger partial charge < -0.3 is 10.6 Å². The Hall–Kier alpha value is -2.74. The highest BCUT2D eigenvalue weighted by Gasteiger charge is 2.26. The van der Waals surface area contributed by atoms with Crippen molar-refractivity contribution >= 4 is 17.5 Å². The number of halogens is 1. The molecule has 7 nitrogen and oxygen atoms in total. The van der Waals surface area contributed by atoms with Crippen LogP contribution in [0.15, 0.2) is 24.3 Å². The third-order valence-electron chi connectivity index (χ3n) is 5.48. The van der Waals surface area contributed by atoms with Crippen molar-refractivity contribution in [2.75, 3.05) is 25.0 Å². The number of nitrogens with zero attached hydrogens (tertiary/aromatic N) is 3. The van der Waals surface area contributed by atoms with Gasteiger partial charge in [0.2, 0.25) is 11.8 Å². The quantitative estimate of drug-likeness (QED) is 0.777. The average Bonchev–Trinajstić information content (AvgIpc) is 2.94. The monoisotopic (exact) mass is 401 g/mol. The Morgan fingerprint density at radius 3 is 2.41 bits per heavy atom. The molecule has 0 bridgehead atoms. The third-order valence-corrected chi connectivity index (χ3v) is 5.48. The second-order valence-corrected chi connectivity index (χ2v) is 7.61. The summed E-state index contributed by atoms with van der Waals surface area (Å²) in [7, 11) is 1.85. The summed E-state index contributed by atoms with van der Waals surface area (Å²) < 4.78 is 14.7. The topological polar surface area (TPSA) is 79.3 Å². The van der Waals surface area contributed by atoms with E-state index in [1.165, 1.54) is 12.1 Å². The number of hydrogen-bond donors (Lipinski definition) is 2. The first-order valence-electron chi connectivity index (χ1n) is 9.88. The molecular formula is C21H28FN5O2. The second-order valence-electron chi connectivity index (χ2n) is 7.61. The van der Waals surface area contributed by atoms with Gasteiger partial charge in [-0.15, -0.1) is 0 Å². The van der Waals surface area contributed by atoms with Crippen molar-refractivity contribution in [3.05, 3.63) is 47.0 Å². The molecule has 1 fully saturated rings. The number of carbonyl (C=O) groups is 2. The normalized spacial score (nSPS) is 15.3. The van der Waals surface area contributed by atoms with Crippen LogP contribution in [0.4, 0.5) is 10.1 Å². The van der Waals surface area contributed by atoms with E-state index < -0.39 is 0 Å². The number of aryl methyl sites for hydroxylation is 2. The maximum Gasteiger partial charge on any atom is 0.238 e. The average molecular weight is 401 g/mol. The number of aromatic nitrogens is 2. The lowest BCUT2D eigenvalue weighted by Gasteiger charge is -2.30. The zero-order chi connectivity index (χ0) is 21.0. The Labute approximate surface area is 170 Å². The summed E-state index contributed by atoms with van der Waals surface area (Å²) in [6.07, 6.45) is 1.43. The number of likely N-dealkylation sites (tertiary alicyclic amines) is 1. The zero-order valence-corrected chi connectivity index (χ0v) is 17.2. The van der Waals surface area contributed by atoms with Crippen molar-refractivity contribution < 1.29 is 14.0 Å². The lowest BCUT2D eigenvalue weighted by Crippen LogP contribution is -2.43. The summed E-state index contributed by atoms with van der Waals surface area (Å²) >= 11 is 0. The van der Waals surface area contributed by atoms with Crippen molar-refractivity contribution in [3.63, 3.8) is 0 Å². The van der Waals surface area contributed by atoms with Crippen LogP contribution < -0.4 is 10.6 Å². The van der Waals surface area contributed by atoms with Crippen molar-refractivity contribution in [3.8, 4) is 0 Å². The Bertz CT molecular complexity index is 870. The number of amides is 2. The first-order chi connectivity index (χ1) is 13.8. The SMILES string of the molecule is Cc1nn(C)c(C)c1NC(=O)CN1CCC(C(=O)NCc2ccc(F)cc2)CC1. The molecule has 0 spiro atoms.